The molecule has 0 spiro atoms. The van der Waals surface area contributed by atoms with E-state index in [0.29, 0.717) is 10.6 Å². The van der Waals surface area contributed by atoms with Gasteiger partial charge < -0.3 is 0 Å². The summed E-state index contributed by atoms with van der Waals surface area (Å²) in [5.41, 5.74) is 5.05. The molecule has 0 aromatic heterocycles. The highest BCUT2D eigenvalue weighted by atomic mass is 35.5. The molecule has 2 aromatic rings. The Hall–Kier alpha value is -2.37. The van der Waals surface area contributed by atoms with Crippen molar-refractivity contribution in [1.82, 2.24) is 10.9 Å². The fraction of sp³-hybridized carbons (Fsp3) is 0. The second kappa shape index (κ2) is 7.76. The van der Waals surface area contributed by atoms with Crippen LogP contribution in [0.1, 0.15) is 15.9 Å². The van der Waals surface area contributed by atoms with Crippen LogP contribution in [0.25, 0.3) is 6.08 Å². The monoisotopic (exact) mass is 352 g/mol. The molecule has 2 amide bonds. The van der Waals surface area contributed by atoms with Gasteiger partial charge in [-0.1, -0.05) is 35.3 Å². The Morgan fingerprint density at radius 1 is 1.04 bits per heavy atom. The summed E-state index contributed by atoms with van der Waals surface area (Å²) in [6.45, 7) is 0. The second-order valence-electron chi connectivity index (χ2n) is 4.46. The highest BCUT2D eigenvalue weighted by Gasteiger charge is 2.11. The van der Waals surface area contributed by atoms with Crippen LogP contribution in [0.2, 0.25) is 10.0 Å². The van der Waals surface area contributed by atoms with Crippen LogP contribution >= 0.6 is 23.2 Å². The Morgan fingerprint density at radius 3 is 2.57 bits per heavy atom. The maximum Gasteiger partial charge on any atom is 0.271 e. The number of carbonyl (C=O) groups excluding carboxylic acids is 2. The maximum atomic E-state index is 13.0. The molecule has 2 rings (SSSR count). The van der Waals surface area contributed by atoms with E-state index in [9.17, 15) is 14.0 Å². The summed E-state index contributed by atoms with van der Waals surface area (Å²) in [5.74, 6) is -1.60. The lowest BCUT2D eigenvalue weighted by Crippen LogP contribution is -2.40. The van der Waals surface area contributed by atoms with Gasteiger partial charge >= 0.3 is 0 Å². The number of nitrogens with one attached hydrogen (secondary N) is 2. The minimum atomic E-state index is -0.606. The van der Waals surface area contributed by atoms with Crippen molar-refractivity contribution < 1.29 is 14.0 Å². The molecule has 118 valence electrons. The quantitative estimate of drug-likeness (QED) is 0.654. The van der Waals surface area contributed by atoms with Crippen molar-refractivity contribution in [3.05, 3.63) is 75.5 Å². The number of hydrogen-bond acceptors (Lipinski definition) is 2. The average molecular weight is 353 g/mol. The van der Waals surface area contributed by atoms with Gasteiger partial charge in [0.25, 0.3) is 11.8 Å². The molecule has 0 saturated carbocycles. The van der Waals surface area contributed by atoms with Gasteiger partial charge in [0.1, 0.15) is 5.82 Å². The first-order chi connectivity index (χ1) is 11.0. The van der Waals surface area contributed by atoms with Crippen LogP contribution in [0.4, 0.5) is 4.39 Å². The van der Waals surface area contributed by atoms with Crippen molar-refractivity contribution in [3.63, 3.8) is 0 Å². The molecule has 0 aliphatic carbocycles. The van der Waals surface area contributed by atoms with Crippen molar-refractivity contribution in [1.29, 1.82) is 0 Å². The van der Waals surface area contributed by atoms with E-state index >= 15 is 0 Å². The zero-order chi connectivity index (χ0) is 16.8. The minimum absolute atomic E-state index is 0.133. The summed E-state index contributed by atoms with van der Waals surface area (Å²) in [6.07, 6.45) is 2.57. The van der Waals surface area contributed by atoms with Crippen molar-refractivity contribution in [2.24, 2.45) is 0 Å². The maximum absolute atomic E-state index is 13.0. The van der Waals surface area contributed by atoms with E-state index in [0.717, 1.165) is 6.08 Å². The molecular formula is C16H11Cl2FN2O2. The standard InChI is InChI=1S/C16H11Cl2FN2O2/c17-11-5-6-14(18)13(9-11)16(23)21-20-15(22)7-4-10-2-1-3-12(19)8-10/h1-9H,(H,20,22)(H,21,23)/b7-4+. The number of benzene rings is 2. The summed E-state index contributed by atoms with van der Waals surface area (Å²) < 4.78 is 13.0. The summed E-state index contributed by atoms with van der Waals surface area (Å²) in [5, 5.41) is 0.549. The SMILES string of the molecule is O=C(/C=C/c1cccc(F)c1)NNC(=O)c1cc(Cl)ccc1Cl. The number of hydrogen-bond donors (Lipinski definition) is 2. The van der Waals surface area contributed by atoms with Crippen LogP contribution in [0.3, 0.4) is 0 Å². The van der Waals surface area contributed by atoms with E-state index in [4.69, 9.17) is 23.2 Å². The molecule has 0 heterocycles. The molecule has 0 aliphatic rings. The molecule has 0 unspecified atom stereocenters. The highest BCUT2D eigenvalue weighted by molar-refractivity contribution is 6.35. The summed E-state index contributed by atoms with van der Waals surface area (Å²) in [4.78, 5) is 23.5. The predicted octanol–water partition coefficient (Wildman–Crippen LogP) is 3.61. The van der Waals surface area contributed by atoms with Crippen LogP contribution in [0.5, 0.6) is 0 Å². The topological polar surface area (TPSA) is 58.2 Å². The van der Waals surface area contributed by atoms with Gasteiger partial charge in [-0.3, -0.25) is 20.4 Å². The predicted molar refractivity (Wildman–Crippen MR) is 87.5 cm³/mol. The van der Waals surface area contributed by atoms with Crippen molar-refractivity contribution in [2.45, 2.75) is 0 Å². The largest absolute Gasteiger partial charge is 0.271 e. The number of carbonyl (C=O) groups is 2. The molecule has 0 atom stereocenters. The van der Waals surface area contributed by atoms with E-state index in [1.165, 1.54) is 36.4 Å². The third kappa shape index (κ3) is 5.09. The normalized spacial score (nSPS) is 10.6. The van der Waals surface area contributed by atoms with Crippen LogP contribution < -0.4 is 10.9 Å². The van der Waals surface area contributed by atoms with Crippen LogP contribution in [0, 0.1) is 5.82 Å². The molecule has 7 heteroatoms. The fourth-order valence-corrected chi connectivity index (χ4v) is 2.06. The molecule has 23 heavy (non-hydrogen) atoms. The van der Waals surface area contributed by atoms with E-state index in [1.807, 2.05) is 0 Å². The molecule has 0 aliphatic heterocycles. The number of hydrazine groups is 1. The van der Waals surface area contributed by atoms with Gasteiger partial charge in [0.2, 0.25) is 0 Å². The average Bonchev–Trinajstić information content (AvgIpc) is 2.53. The van der Waals surface area contributed by atoms with Crippen molar-refractivity contribution in [2.75, 3.05) is 0 Å². The van der Waals surface area contributed by atoms with Gasteiger partial charge in [0, 0.05) is 11.1 Å². The lowest BCUT2D eigenvalue weighted by molar-refractivity contribution is -0.117. The Labute approximate surface area is 141 Å². The van der Waals surface area contributed by atoms with Gasteiger partial charge in [-0.25, -0.2) is 4.39 Å². The first-order valence-corrected chi connectivity index (χ1v) is 7.20. The van der Waals surface area contributed by atoms with Gasteiger partial charge in [-0.05, 0) is 42.0 Å². The third-order valence-electron chi connectivity index (χ3n) is 2.75. The number of halogens is 3. The van der Waals surface area contributed by atoms with E-state index < -0.39 is 17.6 Å². The van der Waals surface area contributed by atoms with Gasteiger partial charge in [-0.15, -0.1) is 0 Å². The minimum Gasteiger partial charge on any atom is -0.268 e. The van der Waals surface area contributed by atoms with Crippen LogP contribution in [0.15, 0.2) is 48.5 Å². The molecule has 0 radical (unpaired) electrons. The Balaban J connectivity index is 1.94. The third-order valence-corrected chi connectivity index (χ3v) is 3.31. The van der Waals surface area contributed by atoms with E-state index in [-0.39, 0.29) is 10.6 Å². The number of rotatable bonds is 3. The molecule has 2 N–H and O–H groups in total. The van der Waals surface area contributed by atoms with Gasteiger partial charge in [-0.2, -0.15) is 0 Å². The van der Waals surface area contributed by atoms with Crippen molar-refractivity contribution >= 4 is 41.1 Å². The summed E-state index contributed by atoms with van der Waals surface area (Å²) in [6, 6.07) is 10.1. The van der Waals surface area contributed by atoms with Crippen LogP contribution in [-0.2, 0) is 4.79 Å². The molecule has 0 bridgehead atoms. The Bertz CT molecular complexity index is 778. The molecule has 2 aromatic carbocycles. The van der Waals surface area contributed by atoms with Crippen molar-refractivity contribution in [3.8, 4) is 0 Å². The molecule has 0 fully saturated rings. The molecule has 4 nitrogen and oxygen atoms in total. The Kier molecular flexibility index (Phi) is 5.73. The van der Waals surface area contributed by atoms with Crippen LogP contribution in [-0.4, -0.2) is 11.8 Å². The first-order valence-electron chi connectivity index (χ1n) is 6.45. The van der Waals surface area contributed by atoms with E-state index in [2.05, 4.69) is 10.9 Å². The zero-order valence-corrected chi connectivity index (χ0v) is 13.2. The first kappa shape index (κ1) is 17.0. The lowest BCUT2D eigenvalue weighted by atomic mass is 10.2. The smallest absolute Gasteiger partial charge is 0.268 e. The number of amides is 2. The van der Waals surface area contributed by atoms with Gasteiger partial charge in [0.15, 0.2) is 0 Å². The second-order valence-corrected chi connectivity index (χ2v) is 5.30. The lowest BCUT2D eigenvalue weighted by Gasteiger charge is -2.07. The highest BCUT2D eigenvalue weighted by Crippen LogP contribution is 2.20. The molecular weight excluding hydrogens is 342 g/mol. The summed E-state index contributed by atoms with van der Waals surface area (Å²) in [7, 11) is 0. The zero-order valence-electron chi connectivity index (χ0n) is 11.6. The summed E-state index contributed by atoms with van der Waals surface area (Å²) >= 11 is 11.7. The fourth-order valence-electron chi connectivity index (χ4n) is 1.68. The molecule has 0 saturated heterocycles. The Morgan fingerprint density at radius 2 is 1.83 bits per heavy atom. The van der Waals surface area contributed by atoms with E-state index in [1.54, 1.807) is 12.1 Å². The van der Waals surface area contributed by atoms with Gasteiger partial charge in [0.05, 0.1) is 10.6 Å².